The van der Waals surface area contributed by atoms with E-state index in [2.05, 4.69) is 17.2 Å². The molecular weight excluding hydrogens is 258 g/mol. The summed E-state index contributed by atoms with van der Waals surface area (Å²) in [5, 5.41) is 14.1. The molecule has 0 bridgehead atoms. The molecule has 1 N–H and O–H groups in total. The number of benzene rings is 1. The maximum atomic E-state index is 10.9. The number of hydrogen-bond donors (Lipinski definition) is 1. The topological polar surface area (TPSA) is 81.2 Å². The second kappa shape index (κ2) is 4.77. The average Bonchev–Trinajstić information content (AvgIpc) is 3.02. The van der Waals surface area contributed by atoms with Gasteiger partial charge in [0.1, 0.15) is 0 Å². The Morgan fingerprint density at radius 2 is 2.20 bits per heavy atom. The summed E-state index contributed by atoms with van der Waals surface area (Å²) in [7, 11) is 0. The molecule has 3 rings (SSSR count). The molecule has 0 aliphatic heterocycles. The minimum atomic E-state index is -0.438. The first-order chi connectivity index (χ1) is 9.57. The van der Waals surface area contributed by atoms with E-state index in [9.17, 15) is 10.1 Å². The highest BCUT2D eigenvalue weighted by molar-refractivity contribution is 5.83. The van der Waals surface area contributed by atoms with Crippen LogP contribution in [0.25, 0.3) is 11.1 Å². The van der Waals surface area contributed by atoms with Crippen molar-refractivity contribution in [1.82, 2.24) is 4.98 Å². The Balaban J connectivity index is 1.82. The van der Waals surface area contributed by atoms with Crippen molar-refractivity contribution < 1.29 is 9.34 Å². The number of fused-ring (bicyclic) bond motifs is 1. The second-order valence-electron chi connectivity index (χ2n) is 5.77. The van der Waals surface area contributed by atoms with Crippen molar-refractivity contribution in [1.29, 1.82) is 0 Å². The molecule has 1 heterocycles. The van der Waals surface area contributed by atoms with E-state index in [0.717, 1.165) is 6.54 Å². The third kappa shape index (κ3) is 2.33. The van der Waals surface area contributed by atoms with Crippen molar-refractivity contribution in [2.75, 3.05) is 11.9 Å². The van der Waals surface area contributed by atoms with Gasteiger partial charge in [0.15, 0.2) is 11.1 Å². The van der Waals surface area contributed by atoms with Crippen LogP contribution in [0.4, 0.5) is 11.7 Å². The number of para-hydroxylation sites is 1. The minimum absolute atomic E-state index is 0.0219. The monoisotopic (exact) mass is 275 g/mol. The van der Waals surface area contributed by atoms with E-state index in [1.54, 1.807) is 12.1 Å². The summed E-state index contributed by atoms with van der Waals surface area (Å²) in [6.45, 7) is 3.03. The highest BCUT2D eigenvalue weighted by Gasteiger charge is 2.29. The van der Waals surface area contributed by atoms with Gasteiger partial charge in [0.25, 0.3) is 11.7 Å². The largest absolute Gasteiger partial charge is 0.423 e. The standard InChI is InChI=1S/C14H17N3O3/c1-14(7-2-3-8-14)9-15-13-16-12-10(17(18)19)5-4-6-11(12)20-13/h4-6H,2-3,7-9H2,1H3,(H,15,16). The molecule has 6 heteroatoms. The summed E-state index contributed by atoms with van der Waals surface area (Å²) in [4.78, 5) is 14.7. The maximum absolute atomic E-state index is 10.9. The Morgan fingerprint density at radius 3 is 2.90 bits per heavy atom. The predicted octanol–water partition coefficient (Wildman–Crippen LogP) is 3.73. The zero-order chi connectivity index (χ0) is 14.2. The van der Waals surface area contributed by atoms with Gasteiger partial charge < -0.3 is 9.73 Å². The molecule has 6 nitrogen and oxygen atoms in total. The van der Waals surface area contributed by atoms with Gasteiger partial charge in [0, 0.05) is 12.6 Å². The number of rotatable bonds is 4. The molecule has 1 aromatic heterocycles. The molecule has 0 spiro atoms. The quantitative estimate of drug-likeness (QED) is 0.679. The predicted molar refractivity (Wildman–Crippen MR) is 75.7 cm³/mol. The fraction of sp³-hybridized carbons (Fsp3) is 0.500. The molecule has 106 valence electrons. The lowest BCUT2D eigenvalue weighted by Crippen LogP contribution is -2.22. The van der Waals surface area contributed by atoms with Gasteiger partial charge in [-0.05, 0) is 24.3 Å². The lowest BCUT2D eigenvalue weighted by Gasteiger charge is -2.22. The Labute approximate surface area is 116 Å². The van der Waals surface area contributed by atoms with Gasteiger partial charge in [-0.2, -0.15) is 4.98 Å². The van der Waals surface area contributed by atoms with Crippen LogP contribution < -0.4 is 5.32 Å². The summed E-state index contributed by atoms with van der Waals surface area (Å²) in [5.41, 5.74) is 0.994. The Bertz CT molecular complexity index is 644. The number of nitrogens with zero attached hydrogens (tertiary/aromatic N) is 2. The molecule has 0 radical (unpaired) electrons. The van der Waals surface area contributed by atoms with Crippen molar-refractivity contribution in [2.24, 2.45) is 5.41 Å². The number of hydrogen-bond acceptors (Lipinski definition) is 5. The van der Waals surface area contributed by atoms with Crippen LogP contribution in [0.5, 0.6) is 0 Å². The van der Waals surface area contributed by atoms with Crippen LogP contribution in [0.2, 0.25) is 0 Å². The molecule has 1 saturated carbocycles. The summed E-state index contributed by atoms with van der Waals surface area (Å²) < 4.78 is 5.54. The molecule has 1 aliphatic carbocycles. The molecule has 0 saturated heterocycles. The third-order valence-corrected chi connectivity index (χ3v) is 4.07. The van der Waals surface area contributed by atoms with Crippen LogP contribution in [-0.4, -0.2) is 16.5 Å². The van der Waals surface area contributed by atoms with Gasteiger partial charge in [0.05, 0.1) is 4.92 Å². The van der Waals surface area contributed by atoms with E-state index in [-0.39, 0.29) is 11.1 Å². The van der Waals surface area contributed by atoms with Crippen molar-refractivity contribution >= 4 is 22.8 Å². The van der Waals surface area contributed by atoms with Gasteiger partial charge in [-0.3, -0.25) is 10.1 Å². The molecule has 0 amide bonds. The Morgan fingerprint density at radius 1 is 1.45 bits per heavy atom. The number of anilines is 1. The number of nitro benzene ring substituents is 1. The summed E-state index contributed by atoms with van der Waals surface area (Å²) in [6.07, 6.45) is 4.91. The number of nitro groups is 1. The number of aromatic nitrogens is 1. The first-order valence-electron chi connectivity index (χ1n) is 6.85. The minimum Gasteiger partial charge on any atom is -0.423 e. The molecule has 20 heavy (non-hydrogen) atoms. The average molecular weight is 275 g/mol. The summed E-state index contributed by atoms with van der Waals surface area (Å²) in [6, 6.07) is 5.10. The van der Waals surface area contributed by atoms with Gasteiger partial charge in [-0.25, -0.2) is 0 Å². The zero-order valence-corrected chi connectivity index (χ0v) is 11.4. The lowest BCUT2D eigenvalue weighted by atomic mass is 9.89. The van der Waals surface area contributed by atoms with Gasteiger partial charge in [-0.15, -0.1) is 0 Å². The van der Waals surface area contributed by atoms with E-state index in [4.69, 9.17) is 4.42 Å². The summed E-state index contributed by atoms with van der Waals surface area (Å²) >= 11 is 0. The van der Waals surface area contributed by atoms with Gasteiger partial charge in [0.2, 0.25) is 0 Å². The fourth-order valence-corrected chi connectivity index (χ4v) is 2.85. The van der Waals surface area contributed by atoms with Crippen molar-refractivity contribution in [2.45, 2.75) is 32.6 Å². The number of non-ortho nitro benzene ring substituents is 1. The smallest absolute Gasteiger partial charge is 0.298 e. The Hall–Kier alpha value is -2.11. The zero-order valence-electron chi connectivity index (χ0n) is 11.4. The first kappa shape index (κ1) is 12.9. The van der Waals surface area contributed by atoms with E-state index in [1.807, 2.05) is 0 Å². The maximum Gasteiger partial charge on any atom is 0.298 e. The second-order valence-corrected chi connectivity index (χ2v) is 5.77. The van der Waals surface area contributed by atoms with Gasteiger partial charge in [-0.1, -0.05) is 25.8 Å². The number of oxazole rings is 1. The summed E-state index contributed by atoms with van der Waals surface area (Å²) in [5.74, 6) is 0. The van der Waals surface area contributed by atoms with Crippen molar-refractivity contribution in [3.8, 4) is 0 Å². The van der Waals surface area contributed by atoms with Crippen LogP contribution in [0, 0.1) is 15.5 Å². The van der Waals surface area contributed by atoms with Crippen molar-refractivity contribution in [3.63, 3.8) is 0 Å². The molecule has 1 aromatic carbocycles. The lowest BCUT2D eigenvalue weighted by molar-refractivity contribution is -0.383. The van der Waals surface area contributed by atoms with Crippen LogP contribution in [0.15, 0.2) is 22.6 Å². The molecule has 0 atom stereocenters. The van der Waals surface area contributed by atoms with Crippen LogP contribution in [-0.2, 0) is 0 Å². The van der Waals surface area contributed by atoms with Gasteiger partial charge >= 0.3 is 0 Å². The molecule has 0 unspecified atom stereocenters. The number of nitrogens with one attached hydrogen (secondary N) is 1. The fourth-order valence-electron chi connectivity index (χ4n) is 2.85. The van der Waals surface area contributed by atoms with Crippen LogP contribution in [0.3, 0.4) is 0 Å². The van der Waals surface area contributed by atoms with E-state index in [1.165, 1.54) is 31.7 Å². The molecular formula is C14H17N3O3. The van der Waals surface area contributed by atoms with Crippen LogP contribution >= 0.6 is 0 Å². The first-order valence-corrected chi connectivity index (χ1v) is 6.85. The van der Waals surface area contributed by atoms with E-state index < -0.39 is 4.92 Å². The van der Waals surface area contributed by atoms with Crippen LogP contribution in [0.1, 0.15) is 32.6 Å². The molecule has 2 aromatic rings. The SMILES string of the molecule is CC1(CNc2nc3c([N+](=O)[O-])cccc3o2)CCCC1. The third-order valence-electron chi connectivity index (χ3n) is 4.07. The highest BCUT2D eigenvalue weighted by atomic mass is 16.6. The normalized spacial score (nSPS) is 17.4. The molecule has 1 aliphatic rings. The Kier molecular flexibility index (Phi) is 3.08. The van der Waals surface area contributed by atoms with E-state index >= 15 is 0 Å². The molecule has 1 fully saturated rings. The van der Waals surface area contributed by atoms with E-state index in [0.29, 0.717) is 17.1 Å². The highest BCUT2D eigenvalue weighted by Crippen LogP contribution is 2.37. The van der Waals surface area contributed by atoms with Crippen molar-refractivity contribution in [3.05, 3.63) is 28.3 Å².